The molecular weight excluding hydrogens is 498 g/mol. The van der Waals surface area contributed by atoms with Gasteiger partial charge in [0.05, 0.1) is 24.8 Å². The van der Waals surface area contributed by atoms with Gasteiger partial charge in [-0.15, -0.1) is 0 Å². The fraction of sp³-hybridized carbons (Fsp3) is 0.519. The van der Waals surface area contributed by atoms with Gasteiger partial charge in [0.1, 0.15) is 11.6 Å². The summed E-state index contributed by atoms with van der Waals surface area (Å²) in [5.41, 5.74) is 0.626. The molecule has 2 aliphatic heterocycles. The van der Waals surface area contributed by atoms with E-state index in [4.69, 9.17) is 0 Å². The monoisotopic (exact) mass is 528 g/mol. The van der Waals surface area contributed by atoms with Crippen LogP contribution in [0.5, 0.6) is 0 Å². The number of carboxylic acid groups (broad SMARTS) is 1. The Labute approximate surface area is 211 Å². The number of carbonyl (C=O) groups is 1. The van der Waals surface area contributed by atoms with Crippen LogP contribution in [0.2, 0.25) is 0 Å². The Morgan fingerprint density at radius 1 is 1.14 bits per heavy atom. The van der Waals surface area contributed by atoms with Crippen molar-refractivity contribution in [3.63, 3.8) is 0 Å². The number of benzene rings is 2. The Hall–Kier alpha value is -2.59. The molecule has 10 heteroatoms. The molecule has 1 unspecified atom stereocenters. The zero-order valence-corrected chi connectivity index (χ0v) is 20.5. The number of carboxylic acids is 1. The summed E-state index contributed by atoms with van der Waals surface area (Å²) in [5.74, 6) is -2.90. The maximum Gasteiger partial charge on any atom is 0.401 e. The van der Waals surface area contributed by atoms with Crippen LogP contribution in [0, 0.1) is 17.6 Å². The van der Waals surface area contributed by atoms with Gasteiger partial charge in [0, 0.05) is 24.7 Å². The third kappa shape index (κ3) is 6.29. The van der Waals surface area contributed by atoms with Gasteiger partial charge in [-0.05, 0) is 86.0 Å². The molecule has 37 heavy (non-hydrogen) atoms. The van der Waals surface area contributed by atoms with Crippen molar-refractivity contribution in [2.24, 2.45) is 5.92 Å². The van der Waals surface area contributed by atoms with Gasteiger partial charge < -0.3 is 10.0 Å². The quantitative estimate of drug-likeness (QED) is 0.441. The van der Waals surface area contributed by atoms with Crippen molar-refractivity contribution in [3.8, 4) is 0 Å². The lowest BCUT2D eigenvalue weighted by atomic mass is 9.83. The molecule has 2 aromatic rings. The van der Waals surface area contributed by atoms with E-state index in [0.717, 1.165) is 17.9 Å². The van der Waals surface area contributed by atoms with Crippen LogP contribution in [-0.4, -0.2) is 65.9 Å². The summed E-state index contributed by atoms with van der Waals surface area (Å²) in [5, 5.41) is 9.34. The van der Waals surface area contributed by atoms with Gasteiger partial charge in [0.2, 0.25) is 0 Å². The summed E-state index contributed by atoms with van der Waals surface area (Å²) in [6, 6.07) is 4.25. The molecule has 4 rings (SSSR count). The van der Waals surface area contributed by atoms with E-state index in [9.17, 15) is 27.5 Å². The van der Waals surface area contributed by atoms with E-state index in [0.29, 0.717) is 37.1 Å². The van der Waals surface area contributed by atoms with Crippen LogP contribution in [-0.2, 0) is 12.8 Å². The average Bonchev–Trinajstić information content (AvgIpc) is 3.25. The predicted molar refractivity (Wildman–Crippen MR) is 126 cm³/mol. The smallest absolute Gasteiger partial charge is 0.401 e. The fourth-order valence-corrected chi connectivity index (χ4v) is 5.74. The molecule has 0 aliphatic carbocycles. The zero-order chi connectivity index (χ0) is 26.9. The lowest BCUT2D eigenvalue weighted by Gasteiger charge is -2.42. The third-order valence-corrected chi connectivity index (χ3v) is 7.37. The normalized spacial score (nSPS) is 22.8. The zero-order valence-electron chi connectivity index (χ0n) is 20.5. The molecule has 1 N–H and O–H groups in total. The summed E-state index contributed by atoms with van der Waals surface area (Å²) in [6.45, 7) is 1.89. The van der Waals surface area contributed by atoms with Gasteiger partial charge >= 0.3 is 12.1 Å². The minimum atomic E-state index is -4.60. The van der Waals surface area contributed by atoms with Crippen molar-refractivity contribution in [2.45, 2.75) is 50.9 Å². The Bertz CT molecular complexity index is 1120. The van der Waals surface area contributed by atoms with Gasteiger partial charge in [-0.1, -0.05) is 6.07 Å². The van der Waals surface area contributed by atoms with Crippen LogP contribution >= 0.6 is 0 Å². The highest BCUT2D eigenvalue weighted by Gasteiger charge is 2.42. The summed E-state index contributed by atoms with van der Waals surface area (Å²) in [6.07, 6.45) is -2.82. The molecule has 2 aromatic carbocycles. The number of rotatable bonds is 8. The van der Waals surface area contributed by atoms with Gasteiger partial charge in [-0.3, -0.25) is 9.29 Å². The van der Waals surface area contributed by atoms with Crippen molar-refractivity contribution in [2.75, 3.05) is 32.9 Å². The van der Waals surface area contributed by atoms with Gasteiger partial charge in [0.25, 0.3) is 0 Å². The molecule has 0 bridgehead atoms. The molecule has 0 radical (unpaired) electrons. The Morgan fingerprint density at radius 3 is 2.46 bits per heavy atom. The van der Waals surface area contributed by atoms with Gasteiger partial charge in [-0.25, -0.2) is 13.6 Å². The van der Waals surface area contributed by atoms with Gasteiger partial charge in [0.15, 0.2) is 0 Å². The minimum Gasteiger partial charge on any atom is -0.478 e. The first-order valence-electron chi connectivity index (χ1n) is 12.4. The van der Waals surface area contributed by atoms with Crippen LogP contribution < -0.4 is 0 Å². The average molecular weight is 529 g/mol. The molecular formula is C27H30F6N2O2. The maximum absolute atomic E-state index is 15.6. The number of nitrogens with zero attached hydrogens (tertiary/aromatic N) is 2. The molecule has 0 amide bonds. The summed E-state index contributed by atoms with van der Waals surface area (Å²) in [7, 11) is 0. The number of fused-ring (bicyclic) bond motifs is 1. The van der Waals surface area contributed by atoms with Crippen LogP contribution in [0.4, 0.5) is 26.3 Å². The second kappa shape index (κ2) is 11.0. The molecule has 1 saturated heterocycles. The largest absolute Gasteiger partial charge is 0.478 e. The topological polar surface area (TPSA) is 43.8 Å². The SMILES string of the molecule is C[C@@H]1Cc2cc(C(=O)O)ccc2[C@@H](c2c(F)cc(CC3CCN(CCCF)C3)cc2F)N1CC(F)(F)F. The van der Waals surface area contributed by atoms with Crippen LogP contribution in [0.25, 0.3) is 0 Å². The fourth-order valence-electron chi connectivity index (χ4n) is 5.74. The van der Waals surface area contributed by atoms with Crippen molar-refractivity contribution in [1.29, 1.82) is 0 Å². The lowest BCUT2D eigenvalue weighted by molar-refractivity contribution is -0.155. The minimum absolute atomic E-state index is 0.0395. The van der Waals surface area contributed by atoms with Crippen LogP contribution in [0.3, 0.4) is 0 Å². The third-order valence-electron chi connectivity index (χ3n) is 7.37. The van der Waals surface area contributed by atoms with E-state index in [1.54, 1.807) is 0 Å². The molecule has 1 fully saturated rings. The number of hydrogen-bond acceptors (Lipinski definition) is 3. The highest BCUT2D eigenvalue weighted by molar-refractivity contribution is 5.88. The van der Waals surface area contributed by atoms with Gasteiger partial charge in [-0.2, -0.15) is 13.2 Å². The highest BCUT2D eigenvalue weighted by Crippen LogP contribution is 2.42. The number of aromatic carboxylic acids is 1. The Morgan fingerprint density at radius 2 is 1.84 bits per heavy atom. The number of halogens is 6. The molecule has 0 spiro atoms. The van der Waals surface area contributed by atoms with Crippen molar-refractivity contribution >= 4 is 5.97 Å². The maximum atomic E-state index is 15.6. The second-order valence-electron chi connectivity index (χ2n) is 10.1. The molecule has 2 heterocycles. The van der Waals surface area contributed by atoms with Crippen LogP contribution in [0.1, 0.15) is 58.4 Å². The summed E-state index contributed by atoms with van der Waals surface area (Å²) in [4.78, 5) is 14.6. The first-order chi connectivity index (χ1) is 17.5. The first kappa shape index (κ1) is 27.4. The van der Waals surface area contributed by atoms with Crippen molar-refractivity contribution in [3.05, 3.63) is 69.8 Å². The van der Waals surface area contributed by atoms with E-state index in [1.165, 1.54) is 37.3 Å². The second-order valence-corrected chi connectivity index (χ2v) is 10.1. The molecule has 3 atom stereocenters. The Kier molecular flexibility index (Phi) is 8.18. The van der Waals surface area contributed by atoms with Crippen molar-refractivity contribution < 1.29 is 36.2 Å². The summed E-state index contributed by atoms with van der Waals surface area (Å²) < 4.78 is 84.1. The van der Waals surface area contributed by atoms with E-state index >= 15 is 8.78 Å². The first-order valence-corrected chi connectivity index (χ1v) is 12.4. The number of hydrogen-bond donors (Lipinski definition) is 1. The summed E-state index contributed by atoms with van der Waals surface area (Å²) >= 11 is 0. The lowest BCUT2D eigenvalue weighted by Crippen LogP contribution is -2.47. The molecule has 4 nitrogen and oxygen atoms in total. The molecule has 202 valence electrons. The molecule has 0 saturated carbocycles. The van der Waals surface area contributed by atoms with E-state index < -0.39 is 54.6 Å². The Balaban J connectivity index is 1.68. The van der Waals surface area contributed by atoms with E-state index in [1.807, 2.05) is 0 Å². The number of likely N-dealkylation sites (tertiary alicyclic amines) is 1. The predicted octanol–water partition coefficient (Wildman–Crippen LogP) is 5.79. The molecule has 2 aliphatic rings. The van der Waals surface area contributed by atoms with Crippen LogP contribution in [0.15, 0.2) is 30.3 Å². The standard InChI is InChI=1S/C27H30F6N2O2/c1-16-9-20-13-19(26(36)37)3-4-21(20)25(35(16)15-27(31,32)33)24-22(29)11-18(12-23(24)30)10-17-5-8-34(14-17)7-2-6-28/h3-4,11-13,16-17,25H,2,5-10,14-15H2,1H3,(H,36,37)/t16-,17?,25+/m1/s1. The van der Waals surface area contributed by atoms with E-state index in [2.05, 4.69) is 4.90 Å². The van der Waals surface area contributed by atoms with Crippen molar-refractivity contribution in [1.82, 2.24) is 9.80 Å². The highest BCUT2D eigenvalue weighted by atomic mass is 19.4. The molecule has 0 aromatic heterocycles. The number of alkyl halides is 4. The van der Waals surface area contributed by atoms with E-state index in [-0.39, 0.29) is 23.5 Å².